The first-order chi connectivity index (χ1) is 15.0. The Balaban J connectivity index is 0. The van der Waals surface area contributed by atoms with Crippen molar-refractivity contribution in [2.45, 2.75) is 110 Å². The molecular weight excluding hydrogens is 413 g/mol. The zero-order chi connectivity index (χ0) is 23.2. The Morgan fingerprint density at radius 3 is 1.16 bits per heavy atom. The molecule has 0 bridgehead atoms. The standard InChI is InChI=1S/C18H38N.C8H6O4.Na/c1-2-3-4-5-6-7-8-9-10-11-12-13-14-15-16-17-18-19;9-7(10)5-3-1-2-4-6(5)8(11)12;/h19H,2-18H2,1H3;1-4H,(H,9,10)(H,11,12);/q-1;;+1. The van der Waals surface area contributed by atoms with Gasteiger partial charge in [0.25, 0.3) is 0 Å². The van der Waals surface area contributed by atoms with Crippen LogP contribution in [-0.2, 0) is 0 Å². The SMILES string of the molecule is CCCCCCCCCCCCCCCCCC[NH-].O=C(O)c1ccccc1C(=O)O.[Na+]. The van der Waals surface area contributed by atoms with Crippen molar-refractivity contribution < 1.29 is 49.4 Å². The molecule has 1 aromatic carbocycles. The summed E-state index contributed by atoms with van der Waals surface area (Å²) in [7, 11) is 0. The van der Waals surface area contributed by atoms with E-state index in [1.807, 2.05) is 0 Å². The van der Waals surface area contributed by atoms with Crippen LogP contribution in [0.4, 0.5) is 0 Å². The molecule has 178 valence electrons. The summed E-state index contributed by atoms with van der Waals surface area (Å²) < 4.78 is 0. The van der Waals surface area contributed by atoms with Gasteiger partial charge in [-0.3, -0.25) is 0 Å². The molecule has 0 spiro atoms. The van der Waals surface area contributed by atoms with Crippen LogP contribution >= 0.6 is 0 Å². The summed E-state index contributed by atoms with van der Waals surface area (Å²) in [4.78, 5) is 20.9. The maximum Gasteiger partial charge on any atom is 1.00 e. The second-order valence-corrected chi connectivity index (χ2v) is 8.21. The molecule has 0 unspecified atom stereocenters. The van der Waals surface area contributed by atoms with Crippen LogP contribution in [-0.4, -0.2) is 28.7 Å². The minimum Gasteiger partial charge on any atom is -0.677 e. The van der Waals surface area contributed by atoms with Crippen LogP contribution in [0.5, 0.6) is 0 Å². The van der Waals surface area contributed by atoms with Gasteiger partial charge >= 0.3 is 41.5 Å². The van der Waals surface area contributed by atoms with Crippen LogP contribution in [0, 0.1) is 0 Å². The van der Waals surface area contributed by atoms with Gasteiger partial charge in [0.15, 0.2) is 0 Å². The average molecular weight is 458 g/mol. The molecule has 0 saturated carbocycles. The Kier molecular flexibility index (Phi) is 25.8. The molecule has 0 amide bonds. The third-order valence-electron chi connectivity index (χ3n) is 5.42. The van der Waals surface area contributed by atoms with Crippen LogP contribution in [0.3, 0.4) is 0 Å². The predicted octanol–water partition coefficient (Wildman–Crippen LogP) is 5.39. The zero-order valence-electron chi connectivity index (χ0n) is 20.5. The van der Waals surface area contributed by atoms with Gasteiger partial charge in [0, 0.05) is 0 Å². The molecule has 0 aliphatic rings. The minimum absolute atomic E-state index is 0. The first-order valence-corrected chi connectivity index (χ1v) is 12.2. The summed E-state index contributed by atoms with van der Waals surface area (Å²) in [5.74, 6) is -2.46. The number of carboxylic acid groups (broad SMARTS) is 2. The topological polar surface area (TPSA) is 98.4 Å². The predicted molar refractivity (Wildman–Crippen MR) is 129 cm³/mol. The summed E-state index contributed by atoms with van der Waals surface area (Å²) in [5.41, 5.74) is 6.70. The summed E-state index contributed by atoms with van der Waals surface area (Å²) in [6.45, 7) is 2.91. The van der Waals surface area contributed by atoms with Crippen molar-refractivity contribution in [2.75, 3.05) is 6.54 Å². The average Bonchev–Trinajstić information content (AvgIpc) is 2.77. The van der Waals surface area contributed by atoms with Crippen LogP contribution in [0.1, 0.15) is 130 Å². The molecule has 1 rings (SSSR count). The molecule has 0 aliphatic heterocycles. The molecule has 32 heavy (non-hydrogen) atoms. The maximum atomic E-state index is 10.5. The Hall–Kier alpha value is -0.880. The second-order valence-electron chi connectivity index (χ2n) is 8.21. The quantitative estimate of drug-likeness (QED) is 0.228. The van der Waals surface area contributed by atoms with Gasteiger partial charge in [-0.25, -0.2) is 9.59 Å². The molecule has 0 radical (unpaired) electrons. The number of rotatable bonds is 18. The van der Waals surface area contributed by atoms with Crippen molar-refractivity contribution in [1.82, 2.24) is 0 Å². The monoisotopic (exact) mass is 457 g/mol. The number of unbranched alkanes of at least 4 members (excludes halogenated alkanes) is 15. The van der Waals surface area contributed by atoms with Crippen LogP contribution in [0.25, 0.3) is 5.73 Å². The number of hydrogen-bond acceptors (Lipinski definition) is 2. The molecule has 0 atom stereocenters. The Morgan fingerprint density at radius 2 is 0.906 bits per heavy atom. The zero-order valence-corrected chi connectivity index (χ0v) is 22.5. The van der Waals surface area contributed by atoms with Gasteiger partial charge in [-0.15, -0.1) is 0 Å². The van der Waals surface area contributed by atoms with Crippen LogP contribution in [0.15, 0.2) is 24.3 Å². The molecule has 0 fully saturated rings. The van der Waals surface area contributed by atoms with Gasteiger partial charge in [-0.05, 0) is 12.1 Å². The fraction of sp³-hybridized carbons (Fsp3) is 0.692. The van der Waals surface area contributed by atoms with E-state index in [-0.39, 0.29) is 40.7 Å². The van der Waals surface area contributed by atoms with Gasteiger partial charge in [-0.1, -0.05) is 122 Å². The first-order valence-electron chi connectivity index (χ1n) is 12.2. The van der Waals surface area contributed by atoms with Gasteiger partial charge in [0.05, 0.1) is 11.1 Å². The first kappa shape index (κ1) is 33.3. The summed E-state index contributed by atoms with van der Waals surface area (Å²) >= 11 is 0. The summed E-state index contributed by atoms with van der Waals surface area (Å²) in [5, 5.41) is 17.1. The second kappa shape index (κ2) is 24.8. The molecule has 0 heterocycles. The van der Waals surface area contributed by atoms with Crippen molar-refractivity contribution in [2.24, 2.45) is 0 Å². The number of nitrogens with one attached hydrogen (secondary N) is 1. The van der Waals surface area contributed by atoms with Gasteiger partial charge in [0.1, 0.15) is 0 Å². The Labute approximate surface area is 217 Å². The van der Waals surface area contributed by atoms with Gasteiger partial charge in [-0.2, -0.15) is 6.54 Å². The van der Waals surface area contributed by atoms with E-state index in [1.54, 1.807) is 0 Å². The number of hydrogen-bond donors (Lipinski definition) is 2. The largest absolute Gasteiger partial charge is 1.00 e. The molecule has 1 aromatic rings. The molecule has 3 N–H and O–H groups in total. The van der Waals surface area contributed by atoms with Crippen LogP contribution < -0.4 is 29.6 Å². The third-order valence-corrected chi connectivity index (χ3v) is 5.42. The van der Waals surface area contributed by atoms with E-state index in [0.717, 1.165) is 6.42 Å². The molecule has 5 nitrogen and oxygen atoms in total. The molecule has 6 heteroatoms. The van der Waals surface area contributed by atoms with E-state index in [1.165, 1.54) is 121 Å². The van der Waals surface area contributed by atoms with E-state index < -0.39 is 11.9 Å². The minimum atomic E-state index is -1.23. The van der Waals surface area contributed by atoms with E-state index in [4.69, 9.17) is 15.9 Å². The Bertz CT molecular complexity index is 532. The fourth-order valence-electron chi connectivity index (χ4n) is 3.53. The van der Waals surface area contributed by atoms with E-state index in [2.05, 4.69) is 6.92 Å². The van der Waals surface area contributed by atoms with E-state index in [9.17, 15) is 9.59 Å². The van der Waals surface area contributed by atoms with Crippen molar-refractivity contribution in [1.29, 1.82) is 0 Å². The summed E-state index contributed by atoms with van der Waals surface area (Å²) in [6.07, 6.45) is 22.5. The fourth-order valence-corrected chi connectivity index (χ4v) is 3.53. The number of carbonyl (C=O) groups is 2. The van der Waals surface area contributed by atoms with Crippen molar-refractivity contribution in [3.8, 4) is 0 Å². The number of benzene rings is 1. The smallest absolute Gasteiger partial charge is 0.677 e. The van der Waals surface area contributed by atoms with Gasteiger partial charge in [0.2, 0.25) is 0 Å². The van der Waals surface area contributed by atoms with Crippen molar-refractivity contribution in [3.63, 3.8) is 0 Å². The normalized spacial score (nSPS) is 10.1. The summed E-state index contributed by atoms with van der Waals surface area (Å²) in [6, 6.07) is 5.48. The molecule has 0 aliphatic carbocycles. The molecule has 0 aromatic heterocycles. The molecular formula is C26H44NNaO4. The van der Waals surface area contributed by atoms with E-state index in [0.29, 0.717) is 6.54 Å². The van der Waals surface area contributed by atoms with Crippen LogP contribution in [0.2, 0.25) is 0 Å². The molecule has 0 saturated heterocycles. The maximum absolute atomic E-state index is 10.5. The number of carboxylic acids is 2. The van der Waals surface area contributed by atoms with Crippen molar-refractivity contribution >= 4 is 11.9 Å². The van der Waals surface area contributed by atoms with Crippen molar-refractivity contribution in [3.05, 3.63) is 41.1 Å². The Morgan fingerprint density at radius 1 is 0.625 bits per heavy atom. The number of aromatic carboxylic acids is 2. The van der Waals surface area contributed by atoms with Gasteiger partial charge < -0.3 is 15.9 Å². The third kappa shape index (κ3) is 19.8. The van der Waals surface area contributed by atoms with E-state index >= 15 is 0 Å².